The second-order valence-electron chi connectivity index (χ2n) is 5.62. The maximum Gasteiger partial charge on any atom is 0.0452 e. The molecule has 4 heteroatoms. The summed E-state index contributed by atoms with van der Waals surface area (Å²) in [6, 6.07) is 6.92. The molecule has 0 amide bonds. The molecule has 1 fully saturated rings. The monoisotopic (exact) mass is 314 g/mol. The average molecular weight is 315 g/mol. The van der Waals surface area contributed by atoms with Crippen molar-refractivity contribution >= 4 is 23.2 Å². The minimum Gasteiger partial charge on any atom is -0.311 e. The Kier molecular flexibility index (Phi) is 6.16. The molecule has 1 heterocycles. The van der Waals surface area contributed by atoms with Crippen LogP contribution in [0.25, 0.3) is 0 Å². The molecule has 0 radical (unpaired) electrons. The van der Waals surface area contributed by atoms with E-state index in [-0.39, 0.29) is 0 Å². The molecular formula is C16H24Cl2N2. The van der Waals surface area contributed by atoms with E-state index in [2.05, 4.69) is 24.1 Å². The molecule has 112 valence electrons. The summed E-state index contributed by atoms with van der Waals surface area (Å²) in [5.41, 5.74) is 1.14. The van der Waals surface area contributed by atoms with E-state index in [1.807, 2.05) is 18.2 Å². The highest BCUT2D eigenvalue weighted by Gasteiger charge is 2.26. The van der Waals surface area contributed by atoms with Gasteiger partial charge in [0.2, 0.25) is 0 Å². The Morgan fingerprint density at radius 1 is 1.30 bits per heavy atom. The Labute approximate surface area is 132 Å². The summed E-state index contributed by atoms with van der Waals surface area (Å²) >= 11 is 12.4. The zero-order chi connectivity index (χ0) is 14.5. The van der Waals surface area contributed by atoms with Gasteiger partial charge in [0, 0.05) is 41.8 Å². The Balaban J connectivity index is 2.11. The van der Waals surface area contributed by atoms with Crippen LogP contribution in [0, 0.1) is 0 Å². The molecule has 0 aliphatic carbocycles. The summed E-state index contributed by atoms with van der Waals surface area (Å²) in [7, 11) is 0. The molecule has 2 nitrogen and oxygen atoms in total. The maximum absolute atomic E-state index is 6.31. The van der Waals surface area contributed by atoms with Gasteiger partial charge in [-0.2, -0.15) is 0 Å². The van der Waals surface area contributed by atoms with Gasteiger partial charge < -0.3 is 5.32 Å². The first kappa shape index (κ1) is 16.1. The van der Waals surface area contributed by atoms with E-state index in [9.17, 15) is 0 Å². The van der Waals surface area contributed by atoms with Crippen molar-refractivity contribution in [1.82, 2.24) is 10.2 Å². The molecule has 2 unspecified atom stereocenters. The lowest BCUT2D eigenvalue weighted by atomic mass is 10.0. The van der Waals surface area contributed by atoms with Crippen LogP contribution in [0.15, 0.2) is 18.2 Å². The molecule has 2 rings (SSSR count). The van der Waals surface area contributed by atoms with Crippen LogP contribution in [-0.4, -0.2) is 30.1 Å². The minimum absolute atomic E-state index is 0.584. The van der Waals surface area contributed by atoms with Gasteiger partial charge in [0.25, 0.3) is 0 Å². The molecule has 0 spiro atoms. The van der Waals surface area contributed by atoms with E-state index in [0.717, 1.165) is 35.2 Å². The van der Waals surface area contributed by atoms with Gasteiger partial charge in [0.05, 0.1) is 0 Å². The third-order valence-corrected chi connectivity index (χ3v) is 4.71. The van der Waals surface area contributed by atoms with E-state index < -0.39 is 0 Å². The fourth-order valence-electron chi connectivity index (χ4n) is 2.90. The predicted molar refractivity (Wildman–Crippen MR) is 87.6 cm³/mol. The Morgan fingerprint density at radius 3 is 2.80 bits per heavy atom. The van der Waals surface area contributed by atoms with Gasteiger partial charge in [0.1, 0.15) is 0 Å². The van der Waals surface area contributed by atoms with E-state index in [1.54, 1.807) is 0 Å². The second kappa shape index (κ2) is 7.65. The van der Waals surface area contributed by atoms with Crippen molar-refractivity contribution in [3.63, 3.8) is 0 Å². The lowest BCUT2D eigenvalue weighted by Gasteiger charge is -2.40. The molecular weight excluding hydrogens is 291 g/mol. The molecule has 2 atom stereocenters. The SMILES string of the molecule is CCCC1CNC(CC)CN1Cc1cc(Cl)ccc1Cl. The quantitative estimate of drug-likeness (QED) is 0.869. The maximum atomic E-state index is 6.31. The van der Waals surface area contributed by atoms with Crippen LogP contribution < -0.4 is 5.32 Å². The number of piperazine rings is 1. The number of nitrogens with one attached hydrogen (secondary N) is 1. The van der Waals surface area contributed by atoms with E-state index in [4.69, 9.17) is 23.2 Å². The van der Waals surface area contributed by atoms with Crippen LogP contribution in [0.2, 0.25) is 10.0 Å². The zero-order valence-electron chi connectivity index (χ0n) is 12.3. The summed E-state index contributed by atoms with van der Waals surface area (Å²) in [5.74, 6) is 0. The number of hydrogen-bond donors (Lipinski definition) is 1. The van der Waals surface area contributed by atoms with Crippen LogP contribution in [0.1, 0.15) is 38.7 Å². The highest BCUT2D eigenvalue weighted by Crippen LogP contribution is 2.24. The molecule has 1 aromatic carbocycles. The van der Waals surface area contributed by atoms with Crippen molar-refractivity contribution in [3.8, 4) is 0 Å². The van der Waals surface area contributed by atoms with Crippen LogP contribution >= 0.6 is 23.2 Å². The Hall–Kier alpha value is -0.280. The van der Waals surface area contributed by atoms with Crippen molar-refractivity contribution < 1.29 is 0 Å². The van der Waals surface area contributed by atoms with Gasteiger partial charge in [-0.05, 0) is 36.6 Å². The highest BCUT2D eigenvalue weighted by molar-refractivity contribution is 6.33. The fourth-order valence-corrected chi connectivity index (χ4v) is 3.27. The lowest BCUT2D eigenvalue weighted by molar-refractivity contribution is 0.113. The standard InChI is InChI=1S/C16H24Cl2N2/c1-3-5-15-9-19-14(4-2)11-20(15)10-12-8-13(17)6-7-16(12)18/h6-8,14-15,19H,3-5,9-11H2,1-2H3. The topological polar surface area (TPSA) is 15.3 Å². The molecule has 1 aliphatic rings. The molecule has 0 aromatic heterocycles. The van der Waals surface area contributed by atoms with Gasteiger partial charge in [-0.3, -0.25) is 4.90 Å². The Morgan fingerprint density at radius 2 is 2.10 bits per heavy atom. The van der Waals surface area contributed by atoms with E-state index in [1.165, 1.54) is 19.3 Å². The minimum atomic E-state index is 0.584. The van der Waals surface area contributed by atoms with Gasteiger partial charge in [0.15, 0.2) is 0 Å². The van der Waals surface area contributed by atoms with E-state index in [0.29, 0.717) is 12.1 Å². The molecule has 20 heavy (non-hydrogen) atoms. The normalized spacial score (nSPS) is 24.0. The fraction of sp³-hybridized carbons (Fsp3) is 0.625. The zero-order valence-corrected chi connectivity index (χ0v) is 13.8. The predicted octanol–water partition coefficient (Wildman–Crippen LogP) is 4.35. The summed E-state index contributed by atoms with van der Waals surface area (Å²) in [5, 5.41) is 5.22. The Bertz CT molecular complexity index is 436. The van der Waals surface area contributed by atoms with Crippen LogP contribution in [0.5, 0.6) is 0 Å². The molecule has 0 saturated carbocycles. The lowest BCUT2D eigenvalue weighted by Crippen LogP contribution is -2.55. The van der Waals surface area contributed by atoms with Crippen LogP contribution in [0.3, 0.4) is 0 Å². The molecule has 0 bridgehead atoms. The smallest absolute Gasteiger partial charge is 0.0452 e. The summed E-state index contributed by atoms with van der Waals surface area (Å²) in [6.45, 7) is 7.54. The van der Waals surface area contributed by atoms with Crippen molar-refractivity contribution in [2.45, 2.75) is 51.7 Å². The van der Waals surface area contributed by atoms with Crippen LogP contribution in [-0.2, 0) is 6.54 Å². The van der Waals surface area contributed by atoms with Crippen molar-refractivity contribution in [2.24, 2.45) is 0 Å². The first-order valence-electron chi connectivity index (χ1n) is 7.55. The summed E-state index contributed by atoms with van der Waals surface area (Å²) in [4.78, 5) is 2.56. The summed E-state index contributed by atoms with van der Waals surface area (Å²) in [6.07, 6.45) is 3.60. The van der Waals surface area contributed by atoms with Crippen molar-refractivity contribution in [3.05, 3.63) is 33.8 Å². The van der Waals surface area contributed by atoms with Gasteiger partial charge in [-0.25, -0.2) is 0 Å². The number of hydrogen-bond acceptors (Lipinski definition) is 2. The third-order valence-electron chi connectivity index (χ3n) is 4.11. The average Bonchev–Trinajstić information content (AvgIpc) is 2.45. The van der Waals surface area contributed by atoms with Gasteiger partial charge in [-0.1, -0.05) is 43.5 Å². The second-order valence-corrected chi connectivity index (χ2v) is 6.46. The van der Waals surface area contributed by atoms with Crippen molar-refractivity contribution in [1.29, 1.82) is 0 Å². The van der Waals surface area contributed by atoms with Gasteiger partial charge in [-0.15, -0.1) is 0 Å². The summed E-state index contributed by atoms with van der Waals surface area (Å²) < 4.78 is 0. The number of nitrogens with zero attached hydrogens (tertiary/aromatic N) is 1. The molecule has 1 N–H and O–H groups in total. The molecule has 1 saturated heterocycles. The molecule has 1 aromatic rings. The first-order chi connectivity index (χ1) is 9.63. The highest BCUT2D eigenvalue weighted by atomic mass is 35.5. The number of rotatable bonds is 5. The first-order valence-corrected chi connectivity index (χ1v) is 8.31. The largest absolute Gasteiger partial charge is 0.311 e. The number of benzene rings is 1. The number of halogens is 2. The van der Waals surface area contributed by atoms with Crippen molar-refractivity contribution in [2.75, 3.05) is 13.1 Å². The van der Waals surface area contributed by atoms with Crippen LogP contribution in [0.4, 0.5) is 0 Å². The van der Waals surface area contributed by atoms with E-state index >= 15 is 0 Å². The van der Waals surface area contributed by atoms with Gasteiger partial charge >= 0.3 is 0 Å². The third kappa shape index (κ3) is 4.11. The molecule has 1 aliphatic heterocycles.